The molecule has 150 valence electrons. The summed E-state index contributed by atoms with van der Waals surface area (Å²) >= 11 is 0. The van der Waals surface area contributed by atoms with Crippen molar-refractivity contribution in [2.75, 3.05) is 0 Å². The van der Waals surface area contributed by atoms with Crippen molar-refractivity contribution in [1.82, 2.24) is 0 Å². The number of carbonyl (C=O) groups is 3. The Labute approximate surface area is 162 Å². The number of rotatable bonds is 2. The van der Waals surface area contributed by atoms with E-state index in [9.17, 15) is 14.4 Å². The summed E-state index contributed by atoms with van der Waals surface area (Å²) < 4.78 is 5.93. The predicted molar refractivity (Wildman–Crippen MR) is 102 cm³/mol. The summed E-state index contributed by atoms with van der Waals surface area (Å²) in [5.74, 6) is 2.47. The molecule has 4 fully saturated rings. The van der Waals surface area contributed by atoms with Crippen LogP contribution in [-0.4, -0.2) is 23.6 Å². The van der Waals surface area contributed by atoms with E-state index in [0.29, 0.717) is 35.9 Å². The third-order valence-corrected chi connectivity index (χ3v) is 9.36. The summed E-state index contributed by atoms with van der Waals surface area (Å²) in [6, 6.07) is 0. The first-order valence-electron chi connectivity index (χ1n) is 10.9. The second-order valence-corrected chi connectivity index (χ2v) is 10.3. The molecular weight excluding hydrogens is 340 g/mol. The number of hydrogen-bond donors (Lipinski definition) is 0. The molecule has 0 bridgehead atoms. The summed E-state index contributed by atoms with van der Waals surface area (Å²) in [6.45, 7) is 7.82. The van der Waals surface area contributed by atoms with Gasteiger partial charge in [0, 0.05) is 31.1 Å². The van der Waals surface area contributed by atoms with Crippen molar-refractivity contribution in [2.45, 2.75) is 85.2 Å². The van der Waals surface area contributed by atoms with Crippen molar-refractivity contribution in [3.8, 4) is 0 Å². The third-order valence-electron chi connectivity index (χ3n) is 9.36. The molecule has 0 heterocycles. The highest BCUT2D eigenvalue weighted by molar-refractivity contribution is 5.80. The molecule has 4 saturated carbocycles. The molecule has 4 heteroatoms. The number of Topliss-reactive ketones (excluding diaryl/α,β-unsaturated/α-hetero) is 2. The van der Waals surface area contributed by atoms with Gasteiger partial charge in [-0.25, -0.2) is 0 Å². The SMILES string of the molecule is CC(=O)O[C@@H]1C[C@H]2[C@@H](CC[C@@H]3CC(=O)CC[C@@]32C)[C@@H]2CC[C@H](C(C)=O)[C@@]12C. The van der Waals surface area contributed by atoms with Crippen LogP contribution in [0.1, 0.15) is 79.1 Å². The zero-order valence-corrected chi connectivity index (χ0v) is 17.3. The molecule has 4 aliphatic rings. The minimum atomic E-state index is -0.232. The van der Waals surface area contributed by atoms with Crippen LogP contribution in [0.15, 0.2) is 0 Å². The molecule has 0 N–H and O–H groups in total. The molecule has 4 rings (SSSR count). The van der Waals surface area contributed by atoms with Gasteiger partial charge in [-0.3, -0.25) is 14.4 Å². The Morgan fingerprint density at radius 3 is 2.44 bits per heavy atom. The van der Waals surface area contributed by atoms with E-state index in [2.05, 4.69) is 13.8 Å². The van der Waals surface area contributed by atoms with Gasteiger partial charge < -0.3 is 4.74 Å². The van der Waals surface area contributed by atoms with Crippen LogP contribution in [0.4, 0.5) is 0 Å². The minimum absolute atomic E-state index is 0.00580. The minimum Gasteiger partial charge on any atom is -0.462 e. The van der Waals surface area contributed by atoms with Crippen molar-refractivity contribution in [1.29, 1.82) is 0 Å². The highest BCUT2D eigenvalue weighted by atomic mass is 16.5. The van der Waals surface area contributed by atoms with Crippen LogP contribution in [0.5, 0.6) is 0 Å². The van der Waals surface area contributed by atoms with E-state index in [4.69, 9.17) is 4.74 Å². The van der Waals surface area contributed by atoms with Crippen molar-refractivity contribution in [3.05, 3.63) is 0 Å². The van der Waals surface area contributed by atoms with Gasteiger partial charge in [0.2, 0.25) is 0 Å². The number of ether oxygens (including phenoxy) is 1. The Bertz CT molecular complexity index is 669. The summed E-state index contributed by atoms with van der Waals surface area (Å²) in [4.78, 5) is 36.5. The predicted octanol–water partition coefficient (Wildman–Crippen LogP) is 4.35. The number of ketones is 2. The second-order valence-electron chi connectivity index (χ2n) is 10.3. The zero-order chi connectivity index (χ0) is 19.6. The number of carbonyl (C=O) groups excluding carboxylic acids is 3. The Hall–Kier alpha value is -1.19. The van der Waals surface area contributed by atoms with Crippen LogP contribution in [0.2, 0.25) is 0 Å². The lowest BCUT2D eigenvalue weighted by Gasteiger charge is -2.61. The van der Waals surface area contributed by atoms with E-state index in [0.717, 1.165) is 44.9 Å². The maximum Gasteiger partial charge on any atom is 0.302 e. The van der Waals surface area contributed by atoms with Crippen LogP contribution in [0.25, 0.3) is 0 Å². The fourth-order valence-electron chi connectivity index (χ4n) is 8.02. The van der Waals surface area contributed by atoms with Gasteiger partial charge in [0.1, 0.15) is 17.7 Å². The van der Waals surface area contributed by atoms with Crippen LogP contribution >= 0.6 is 0 Å². The molecule has 0 amide bonds. The molecule has 0 aromatic rings. The topological polar surface area (TPSA) is 60.4 Å². The summed E-state index contributed by atoms with van der Waals surface area (Å²) in [6.07, 6.45) is 7.39. The largest absolute Gasteiger partial charge is 0.462 e. The van der Waals surface area contributed by atoms with Gasteiger partial charge in [0.05, 0.1) is 0 Å². The van der Waals surface area contributed by atoms with Gasteiger partial charge >= 0.3 is 5.97 Å². The highest BCUT2D eigenvalue weighted by Gasteiger charge is 2.65. The van der Waals surface area contributed by atoms with Crippen molar-refractivity contribution in [3.63, 3.8) is 0 Å². The Morgan fingerprint density at radius 1 is 1.04 bits per heavy atom. The van der Waals surface area contributed by atoms with Crippen molar-refractivity contribution < 1.29 is 19.1 Å². The molecule has 0 radical (unpaired) electrons. The molecule has 27 heavy (non-hydrogen) atoms. The van der Waals surface area contributed by atoms with Gasteiger partial charge in [-0.1, -0.05) is 13.8 Å². The lowest BCUT2D eigenvalue weighted by molar-refractivity contribution is -0.191. The van der Waals surface area contributed by atoms with Crippen LogP contribution < -0.4 is 0 Å². The maximum absolute atomic E-state index is 12.4. The molecule has 0 aromatic heterocycles. The van der Waals surface area contributed by atoms with Gasteiger partial charge in [0.15, 0.2) is 0 Å². The van der Waals surface area contributed by atoms with E-state index < -0.39 is 0 Å². The van der Waals surface area contributed by atoms with E-state index in [-0.39, 0.29) is 34.6 Å². The molecule has 4 nitrogen and oxygen atoms in total. The molecule has 0 aromatic carbocycles. The maximum atomic E-state index is 12.4. The fourth-order valence-corrected chi connectivity index (χ4v) is 8.02. The Balaban J connectivity index is 1.72. The number of esters is 1. The van der Waals surface area contributed by atoms with E-state index in [1.807, 2.05) is 0 Å². The number of fused-ring (bicyclic) bond motifs is 5. The molecule has 4 aliphatic carbocycles. The number of hydrogen-bond acceptors (Lipinski definition) is 4. The molecule has 0 spiro atoms. The highest BCUT2D eigenvalue weighted by Crippen LogP contribution is 2.67. The second kappa shape index (κ2) is 6.42. The molecule has 0 saturated heterocycles. The smallest absolute Gasteiger partial charge is 0.302 e. The Morgan fingerprint density at radius 2 is 1.78 bits per heavy atom. The van der Waals surface area contributed by atoms with Gasteiger partial charge in [0.25, 0.3) is 0 Å². The standard InChI is InChI=1S/C23H34O4/c1-13(24)18-7-8-19-17-6-5-15-11-16(26)9-10-22(15,3)20(17)12-21(23(18,19)4)27-14(2)25/h15,17-21H,5-12H2,1-4H3/t15-,17+,18-,19+,20+,21-,22+,23-/m1/s1. The van der Waals surface area contributed by atoms with E-state index in [1.54, 1.807) is 6.92 Å². The summed E-state index contributed by atoms with van der Waals surface area (Å²) in [5.41, 5.74) is -0.0583. The van der Waals surface area contributed by atoms with Crippen LogP contribution in [-0.2, 0) is 19.1 Å². The molecule has 8 atom stereocenters. The first-order valence-corrected chi connectivity index (χ1v) is 10.9. The monoisotopic (exact) mass is 374 g/mol. The van der Waals surface area contributed by atoms with Crippen molar-refractivity contribution >= 4 is 17.5 Å². The van der Waals surface area contributed by atoms with Gasteiger partial charge in [-0.15, -0.1) is 0 Å². The average Bonchev–Trinajstić information content (AvgIpc) is 2.95. The molecular formula is C23H34O4. The molecule has 0 aliphatic heterocycles. The van der Waals surface area contributed by atoms with Crippen LogP contribution in [0.3, 0.4) is 0 Å². The average molecular weight is 375 g/mol. The summed E-state index contributed by atoms with van der Waals surface area (Å²) in [5, 5.41) is 0. The Kier molecular flexibility index (Phi) is 4.55. The van der Waals surface area contributed by atoms with Gasteiger partial charge in [-0.2, -0.15) is 0 Å². The normalized spacial score (nSPS) is 49.0. The third kappa shape index (κ3) is 2.73. The summed E-state index contributed by atoms with van der Waals surface area (Å²) in [7, 11) is 0. The van der Waals surface area contributed by atoms with Crippen molar-refractivity contribution in [2.24, 2.45) is 40.4 Å². The quantitative estimate of drug-likeness (QED) is 0.675. The lowest BCUT2D eigenvalue weighted by Crippen LogP contribution is -2.59. The van der Waals surface area contributed by atoms with Crippen LogP contribution in [0, 0.1) is 40.4 Å². The first-order chi connectivity index (χ1) is 12.7. The lowest BCUT2D eigenvalue weighted by atomic mass is 9.44. The zero-order valence-electron chi connectivity index (χ0n) is 17.3. The van der Waals surface area contributed by atoms with E-state index >= 15 is 0 Å². The van der Waals surface area contributed by atoms with Gasteiger partial charge in [-0.05, 0) is 74.5 Å². The van der Waals surface area contributed by atoms with E-state index in [1.165, 1.54) is 6.92 Å². The molecule has 0 unspecified atom stereocenters. The first kappa shape index (κ1) is 19.1. The fraction of sp³-hybridized carbons (Fsp3) is 0.870.